The molecule has 2 heteroatoms. The molecule has 1 aromatic heterocycles. The molecule has 0 spiro atoms. The zero-order chi connectivity index (χ0) is 42.1. The lowest BCUT2D eigenvalue weighted by atomic mass is 9.90. The van der Waals surface area contributed by atoms with Gasteiger partial charge in [0.05, 0.1) is 5.69 Å². The summed E-state index contributed by atoms with van der Waals surface area (Å²) in [6.45, 7) is 0. The standard InChI is InChI=1S/C62H39NS/c1-2-15-41(16-3-1)56-39-49(31-33-52(56)47-29-28-40-14-4-5-17-42(40)34-47)63(59-26-13-27-60-62(59)58-36-43-18-6-7-19-44(43)38-61(58)64-60)48-30-32-51-45(35-48)21-12-25-54(51)57-37-46-20-8-9-22-50(46)53-23-10-11-24-55(53)57/h1-39H. The summed E-state index contributed by atoms with van der Waals surface area (Å²) in [6.07, 6.45) is 0. The third kappa shape index (κ3) is 5.99. The van der Waals surface area contributed by atoms with E-state index in [1.807, 2.05) is 11.3 Å². The van der Waals surface area contributed by atoms with Crippen molar-refractivity contribution < 1.29 is 0 Å². The number of nitrogens with zero attached hydrogens (tertiary/aromatic N) is 1. The molecule has 0 radical (unpaired) electrons. The topological polar surface area (TPSA) is 3.24 Å². The minimum absolute atomic E-state index is 1.10. The van der Waals surface area contributed by atoms with Crippen molar-refractivity contribution in [1.82, 2.24) is 0 Å². The number of hydrogen-bond acceptors (Lipinski definition) is 2. The van der Waals surface area contributed by atoms with Crippen molar-refractivity contribution in [2.24, 2.45) is 0 Å². The molecule has 0 aliphatic carbocycles. The van der Waals surface area contributed by atoms with Crippen molar-refractivity contribution in [3.05, 3.63) is 237 Å². The Balaban J connectivity index is 1.06. The summed E-state index contributed by atoms with van der Waals surface area (Å²) in [6, 6.07) is 87.5. The van der Waals surface area contributed by atoms with Crippen molar-refractivity contribution in [2.45, 2.75) is 0 Å². The van der Waals surface area contributed by atoms with E-state index in [-0.39, 0.29) is 0 Å². The second-order valence-electron chi connectivity index (χ2n) is 16.8. The summed E-state index contributed by atoms with van der Waals surface area (Å²) in [4.78, 5) is 2.50. The van der Waals surface area contributed by atoms with Crippen molar-refractivity contribution in [3.8, 4) is 33.4 Å². The molecular weight excluding hydrogens is 791 g/mol. The Morgan fingerprint density at radius 3 is 1.75 bits per heavy atom. The van der Waals surface area contributed by atoms with Gasteiger partial charge in [-0.25, -0.2) is 0 Å². The van der Waals surface area contributed by atoms with Gasteiger partial charge in [-0.3, -0.25) is 0 Å². The summed E-state index contributed by atoms with van der Waals surface area (Å²) in [5.41, 5.74) is 10.6. The molecule has 0 aliphatic rings. The summed E-state index contributed by atoms with van der Waals surface area (Å²) in [7, 11) is 0. The van der Waals surface area contributed by atoms with Crippen LogP contribution in [0.25, 0.3) is 107 Å². The SMILES string of the molecule is c1ccc(-c2cc(N(c3ccc4c(-c5cc6ccccc6c6ccccc56)cccc4c3)c3cccc4sc5cc6ccccc6cc5c34)ccc2-c2ccc3ccccc3c2)cc1. The van der Waals surface area contributed by atoms with Gasteiger partial charge in [0.1, 0.15) is 0 Å². The van der Waals surface area contributed by atoms with E-state index in [1.165, 1.54) is 107 Å². The van der Waals surface area contributed by atoms with Gasteiger partial charge in [0.25, 0.3) is 0 Å². The van der Waals surface area contributed by atoms with E-state index in [0.717, 1.165) is 17.1 Å². The Labute approximate surface area is 375 Å². The van der Waals surface area contributed by atoms with Crippen molar-refractivity contribution in [3.63, 3.8) is 0 Å². The smallest absolute Gasteiger partial charge is 0.0554 e. The Hall–Kier alpha value is -8.04. The number of fused-ring (bicyclic) bond motifs is 9. The van der Waals surface area contributed by atoms with Gasteiger partial charge in [0, 0.05) is 31.5 Å². The Kier molecular flexibility index (Phi) is 8.47. The highest BCUT2D eigenvalue weighted by molar-refractivity contribution is 7.26. The van der Waals surface area contributed by atoms with E-state index in [9.17, 15) is 0 Å². The molecular formula is C62H39NS. The van der Waals surface area contributed by atoms with Crippen LogP contribution < -0.4 is 4.90 Å². The quantitative estimate of drug-likeness (QED) is 0.151. The van der Waals surface area contributed by atoms with Crippen molar-refractivity contribution in [2.75, 3.05) is 4.90 Å². The molecule has 0 atom stereocenters. The maximum absolute atomic E-state index is 2.50. The molecule has 0 saturated heterocycles. The fourth-order valence-corrected chi connectivity index (χ4v) is 11.3. The predicted molar refractivity (Wildman–Crippen MR) is 278 cm³/mol. The Bertz CT molecular complexity index is 3970. The molecule has 0 unspecified atom stereocenters. The molecule has 13 rings (SSSR count). The van der Waals surface area contributed by atoms with Crippen molar-refractivity contribution >= 4 is 102 Å². The summed E-state index contributed by atoms with van der Waals surface area (Å²) in [5, 5.41) is 15.0. The van der Waals surface area contributed by atoms with E-state index in [0.29, 0.717) is 0 Å². The molecule has 1 heterocycles. The molecule has 0 bridgehead atoms. The zero-order valence-electron chi connectivity index (χ0n) is 34.9. The molecule has 0 amide bonds. The second-order valence-corrected chi connectivity index (χ2v) is 17.9. The zero-order valence-corrected chi connectivity index (χ0v) is 35.7. The first-order valence-electron chi connectivity index (χ1n) is 22.0. The number of rotatable bonds is 6. The van der Waals surface area contributed by atoms with E-state index in [1.54, 1.807) is 0 Å². The van der Waals surface area contributed by atoms with Gasteiger partial charge in [0.15, 0.2) is 0 Å². The van der Waals surface area contributed by atoms with Crippen LogP contribution in [-0.2, 0) is 0 Å². The second kappa shape index (κ2) is 14.8. The highest BCUT2D eigenvalue weighted by Crippen LogP contribution is 2.48. The minimum Gasteiger partial charge on any atom is -0.310 e. The average Bonchev–Trinajstić information content (AvgIpc) is 3.73. The van der Waals surface area contributed by atoms with Gasteiger partial charge in [-0.2, -0.15) is 0 Å². The fourth-order valence-electron chi connectivity index (χ4n) is 10.2. The van der Waals surface area contributed by atoms with Gasteiger partial charge in [0.2, 0.25) is 0 Å². The first-order chi connectivity index (χ1) is 31.7. The molecule has 0 fully saturated rings. The Morgan fingerprint density at radius 2 is 0.906 bits per heavy atom. The summed E-state index contributed by atoms with van der Waals surface area (Å²) >= 11 is 1.88. The van der Waals surface area contributed by atoms with Gasteiger partial charge in [-0.15, -0.1) is 11.3 Å². The van der Waals surface area contributed by atoms with Gasteiger partial charge in [-0.1, -0.05) is 176 Å². The van der Waals surface area contributed by atoms with Crippen LogP contribution in [0, 0.1) is 0 Å². The fraction of sp³-hybridized carbons (Fsp3) is 0. The van der Waals surface area contributed by atoms with Gasteiger partial charge in [-0.05, 0) is 148 Å². The van der Waals surface area contributed by atoms with Crippen LogP contribution in [0.3, 0.4) is 0 Å². The highest BCUT2D eigenvalue weighted by atomic mass is 32.1. The van der Waals surface area contributed by atoms with E-state index >= 15 is 0 Å². The van der Waals surface area contributed by atoms with Crippen LogP contribution in [0.15, 0.2) is 237 Å². The number of benzene rings is 12. The molecule has 12 aromatic carbocycles. The van der Waals surface area contributed by atoms with Crippen LogP contribution in [0.2, 0.25) is 0 Å². The summed E-state index contributed by atoms with van der Waals surface area (Å²) in [5.74, 6) is 0. The lowest BCUT2D eigenvalue weighted by Gasteiger charge is -2.28. The average molecular weight is 830 g/mol. The van der Waals surface area contributed by atoms with E-state index in [2.05, 4.69) is 241 Å². The normalized spacial score (nSPS) is 11.8. The third-order valence-corrected chi connectivity index (χ3v) is 14.3. The van der Waals surface area contributed by atoms with Crippen LogP contribution >= 0.6 is 11.3 Å². The van der Waals surface area contributed by atoms with Crippen LogP contribution in [0.1, 0.15) is 0 Å². The molecule has 1 nitrogen and oxygen atoms in total. The van der Waals surface area contributed by atoms with E-state index < -0.39 is 0 Å². The molecule has 0 saturated carbocycles. The first kappa shape index (κ1) is 36.6. The van der Waals surface area contributed by atoms with Crippen LogP contribution in [0.5, 0.6) is 0 Å². The third-order valence-electron chi connectivity index (χ3n) is 13.2. The van der Waals surface area contributed by atoms with Crippen LogP contribution in [0.4, 0.5) is 17.1 Å². The largest absolute Gasteiger partial charge is 0.310 e. The monoisotopic (exact) mass is 829 g/mol. The predicted octanol–water partition coefficient (Wildman–Crippen LogP) is 18.3. The van der Waals surface area contributed by atoms with Gasteiger partial charge >= 0.3 is 0 Å². The number of hydrogen-bond donors (Lipinski definition) is 0. The molecule has 298 valence electrons. The lowest BCUT2D eigenvalue weighted by Crippen LogP contribution is -2.10. The highest BCUT2D eigenvalue weighted by Gasteiger charge is 2.22. The number of thiophene rings is 1. The summed E-state index contributed by atoms with van der Waals surface area (Å²) < 4.78 is 2.57. The minimum atomic E-state index is 1.10. The Morgan fingerprint density at radius 1 is 0.266 bits per heavy atom. The number of anilines is 3. The molecule has 64 heavy (non-hydrogen) atoms. The molecule has 0 N–H and O–H groups in total. The molecule has 0 aliphatic heterocycles. The maximum Gasteiger partial charge on any atom is 0.0554 e. The molecule has 13 aromatic rings. The van der Waals surface area contributed by atoms with Crippen LogP contribution in [-0.4, -0.2) is 0 Å². The maximum atomic E-state index is 2.50. The van der Waals surface area contributed by atoms with E-state index in [4.69, 9.17) is 0 Å². The lowest BCUT2D eigenvalue weighted by molar-refractivity contribution is 1.31. The van der Waals surface area contributed by atoms with Crippen molar-refractivity contribution in [1.29, 1.82) is 0 Å². The first-order valence-corrected chi connectivity index (χ1v) is 22.8. The van der Waals surface area contributed by atoms with Gasteiger partial charge < -0.3 is 4.90 Å².